The van der Waals surface area contributed by atoms with Gasteiger partial charge in [0.25, 0.3) is 5.56 Å². The van der Waals surface area contributed by atoms with E-state index in [-0.39, 0.29) is 18.0 Å². The predicted octanol–water partition coefficient (Wildman–Crippen LogP) is 2.64. The van der Waals surface area contributed by atoms with Gasteiger partial charge in [0.2, 0.25) is 5.91 Å². The number of carbonyl (C=O) groups excluding carboxylic acids is 1. The zero-order chi connectivity index (χ0) is 22.3. The molecule has 2 unspecified atom stereocenters. The van der Waals surface area contributed by atoms with Crippen molar-refractivity contribution < 1.29 is 9.53 Å². The molecular weight excluding hydrogens is 404 g/mol. The number of hydrogen-bond acceptors (Lipinski definition) is 5. The van der Waals surface area contributed by atoms with Gasteiger partial charge in [0, 0.05) is 38.9 Å². The lowest BCUT2D eigenvalue weighted by atomic mass is 9.83. The zero-order valence-corrected chi connectivity index (χ0v) is 19.8. The molecule has 1 aromatic rings. The second-order valence-corrected chi connectivity index (χ2v) is 9.86. The number of aromatic nitrogens is 2. The topological polar surface area (TPSA) is 67.7 Å². The van der Waals surface area contributed by atoms with Crippen molar-refractivity contribution in [1.82, 2.24) is 19.6 Å². The Hall–Kier alpha value is -1.73. The highest BCUT2D eigenvalue weighted by molar-refractivity contribution is 5.75. The minimum Gasteiger partial charge on any atom is -0.385 e. The van der Waals surface area contributed by atoms with Gasteiger partial charge in [-0.05, 0) is 82.4 Å². The lowest BCUT2D eigenvalue weighted by Gasteiger charge is -2.45. The Kier molecular flexibility index (Phi) is 8.36. The van der Waals surface area contributed by atoms with Crippen molar-refractivity contribution in [2.24, 2.45) is 5.92 Å². The van der Waals surface area contributed by atoms with Crippen molar-refractivity contribution in [3.63, 3.8) is 0 Å². The van der Waals surface area contributed by atoms with Crippen LogP contribution in [-0.4, -0.2) is 71.4 Å². The molecule has 1 aromatic heterocycles. The van der Waals surface area contributed by atoms with E-state index < -0.39 is 0 Å². The number of rotatable bonds is 8. The summed E-state index contributed by atoms with van der Waals surface area (Å²) in [5.41, 5.74) is 1.94. The molecule has 2 aliphatic heterocycles. The highest BCUT2D eigenvalue weighted by Crippen LogP contribution is 2.31. The summed E-state index contributed by atoms with van der Waals surface area (Å²) < 4.78 is 6.65. The maximum Gasteiger partial charge on any atom is 0.267 e. The molecule has 4 rings (SSSR count). The summed E-state index contributed by atoms with van der Waals surface area (Å²) >= 11 is 0. The fourth-order valence-corrected chi connectivity index (χ4v) is 5.91. The summed E-state index contributed by atoms with van der Waals surface area (Å²) in [6, 6.07) is 2.32. The van der Waals surface area contributed by atoms with Crippen molar-refractivity contribution >= 4 is 5.91 Å². The number of carbonyl (C=O) groups is 1. The van der Waals surface area contributed by atoms with Gasteiger partial charge < -0.3 is 14.5 Å². The molecule has 0 N–H and O–H groups in total. The van der Waals surface area contributed by atoms with Gasteiger partial charge in [-0.2, -0.15) is 5.10 Å². The van der Waals surface area contributed by atoms with E-state index in [1.807, 2.05) is 4.90 Å². The summed E-state index contributed by atoms with van der Waals surface area (Å²) in [5.74, 6) is 0.532. The fraction of sp³-hybridized carbons (Fsp3) is 0.800. The molecule has 178 valence electrons. The average molecular weight is 445 g/mol. The number of methoxy groups -OCH3 is 1. The van der Waals surface area contributed by atoms with E-state index in [0.717, 1.165) is 49.9 Å². The van der Waals surface area contributed by atoms with Crippen LogP contribution in [0.25, 0.3) is 0 Å². The molecule has 1 aliphatic carbocycles. The molecule has 0 saturated carbocycles. The van der Waals surface area contributed by atoms with Gasteiger partial charge in [0.1, 0.15) is 6.54 Å². The molecule has 2 fully saturated rings. The van der Waals surface area contributed by atoms with Crippen LogP contribution in [-0.2, 0) is 28.9 Å². The third kappa shape index (κ3) is 5.79. The molecule has 0 bridgehead atoms. The number of nitrogens with zero attached hydrogens (tertiary/aromatic N) is 4. The molecule has 3 heterocycles. The first-order valence-electron chi connectivity index (χ1n) is 12.8. The summed E-state index contributed by atoms with van der Waals surface area (Å²) in [6.07, 6.45) is 12.3. The number of piperidine rings is 2. The number of aryl methyl sites for hydroxylation is 2. The Balaban J connectivity index is 1.47. The number of amides is 1. The first-order valence-corrected chi connectivity index (χ1v) is 12.8. The van der Waals surface area contributed by atoms with E-state index in [9.17, 15) is 9.59 Å². The average Bonchev–Trinajstić information content (AvgIpc) is 3.03. The molecule has 2 saturated heterocycles. The Morgan fingerprint density at radius 3 is 2.84 bits per heavy atom. The van der Waals surface area contributed by atoms with Gasteiger partial charge in [-0.25, -0.2) is 4.68 Å². The lowest BCUT2D eigenvalue weighted by molar-refractivity contribution is -0.133. The monoisotopic (exact) mass is 444 g/mol. The minimum atomic E-state index is -0.146. The van der Waals surface area contributed by atoms with Crippen LogP contribution in [0.5, 0.6) is 0 Å². The van der Waals surface area contributed by atoms with Gasteiger partial charge in [-0.15, -0.1) is 0 Å². The second-order valence-electron chi connectivity index (χ2n) is 9.86. The number of ether oxygens (including phenoxy) is 1. The maximum atomic E-state index is 13.4. The predicted molar refractivity (Wildman–Crippen MR) is 125 cm³/mol. The van der Waals surface area contributed by atoms with Gasteiger partial charge in [-0.1, -0.05) is 12.8 Å². The van der Waals surface area contributed by atoms with Crippen molar-refractivity contribution in [3.8, 4) is 0 Å². The molecule has 1 amide bonds. The zero-order valence-electron chi connectivity index (χ0n) is 19.8. The first kappa shape index (κ1) is 23.4. The normalized spacial score (nSPS) is 23.8. The van der Waals surface area contributed by atoms with Crippen LogP contribution < -0.4 is 5.56 Å². The summed E-state index contributed by atoms with van der Waals surface area (Å²) in [4.78, 5) is 30.7. The quantitative estimate of drug-likeness (QED) is 0.456. The van der Waals surface area contributed by atoms with Crippen molar-refractivity contribution in [1.29, 1.82) is 0 Å². The van der Waals surface area contributed by atoms with E-state index in [1.165, 1.54) is 56.3 Å². The third-order valence-corrected chi connectivity index (χ3v) is 7.62. The van der Waals surface area contributed by atoms with Crippen LogP contribution in [0, 0.1) is 5.92 Å². The van der Waals surface area contributed by atoms with Gasteiger partial charge >= 0.3 is 0 Å². The van der Waals surface area contributed by atoms with Crippen molar-refractivity contribution in [3.05, 3.63) is 27.7 Å². The molecule has 0 aromatic carbocycles. The van der Waals surface area contributed by atoms with Crippen LogP contribution in [0.2, 0.25) is 0 Å². The van der Waals surface area contributed by atoms with E-state index in [2.05, 4.69) is 10.00 Å². The Labute approximate surface area is 192 Å². The molecule has 3 aliphatic rings. The molecular formula is C25H40N4O3. The van der Waals surface area contributed by atoms with Crippen LogP contribution >= 0.6 is 0 Å². The Morgan fingerprint density at radius 1 is 1.12 bits per heavy atom. The van der Waals surface area contributed by atoms with Gasteiger partial charge in [-0.3, -0.25) is 9.59 Å². The van der Waals surface area contributed by atoms with E-state index in [1.54, 1.807) is 13.2 Å². The number of hydrogen-bond donors (Lipinski definition) is 0. The second kappa shape index (κ2) is 11.4. The van der Waals surface area contributed by atoms with Gasteiger partial charge in [0.05, 0.1) is 5.69 Å². The van der Waals surface area contributed by atoms with Crippen LogP contribution in [0.1, 0.15) is 69.0 Å². The number of fused-ring (bicyclic) bond motifs is 2. The van der Waals surface area contributed by atoms with Gasteiger partial charge in [0.15, 0.2) is 0 Å². The summed E-state index contributed by atoms with van der Waals surface area (Å²) in [6.45, 7) is 4.54. The van der Waals surface area contributed by atoms with Crippen LogP contribution in [0.15, 0.2) is 10.9 Å². The summed E-state index contributed by atoms with van der Waals surface area (Å²) in [5, 5.41) is 4.63. The minimum absolute atomic E-state index is 0.0113. The molecule has 0 spiro atoms. The smallest absolute Gasteiger partial charge is 0.267 e. The maximum absolute atomic E-state index is 13.4. The Morgan fingerprint density at radius 2 is 1.97 bits per heavy atom. The summed E-state index contributed by atoms with van der Waals surface area (Å²) in [7, 11) is 1.70. The van der Waals surface area contributed by atoms with Crippen LogP contribution in [0.4, 0.5) is 0 Å². The van der Waals surface area contributed by atoms with E-state index >= 15 is 0 Å². The van der Waals surface area contributed by atoms with E-state index in [0.29, 0.717) is 25.1 Å². The lowest BCUT2D eigenvalue weighted by Crippen LogP contribution is -2.52. The SMILES string of the molecule is COCCCN(CC1CCCN2CCCCC12)C(=O)Cn1nc2c(cc1=O)CCCCC2. The molecule has 7 nitrogen and oxygen atoms in total. The van der Waals surface area contributed by atoms with Crippen molar-refractivity contribution in [2.75, 3.05) is 39.9 Å². The first-order chi connectivity index (χ1) is 15.7. The highest BCUT2D eigenvalue weighted by atomic mass is 16.5. The molecule has 0 radical (unpaired) electrons. The fourth-order valence-electron chi connectivity index (χ4n) is 5.91. The van der Waals surface area contributed by atoms with Crippen LogP contribution in [0.3, 0.4) is 0 Å². The van der Waals surface area contributed by atoms with E-state index in [4.69, 9.17) is 4.74 Å². The largest absolute Gasteiger partial charge is 0.385 e. The standard InChI is InChI=1S/C25H40N4O3/c1-32-16-8-15-28(18-21-10-7-14-27-13-6-5-12-23(21)27)25(31)19-29-24(30)17-20-9-3-2-4-11-22(20)26-29/h17,21,23H,2-16,18-19H2,1H3. The Bertz CT molecular complexity index is 822. The highest BCUT2D eigenvalue weighted by Gasteiger charge is 2.34. The molecule has 7 heteroatoms. The molecule has 32 heavy (non-hydrogen) atoms. The molecule has 2 atom stereocenters. The van der Waals surface area contributed by atoms with Crippen molar-refractivity contribution in [2.45, 2.75) is 83.2 Å². The third-order valence-electron chi connectivity index (χ3n) is 7.62.